The number of aliphatic carboxylic acids is 1. The third-order valence-electron chi connectivity index (χ3n) is 4.93. The van der Waals surface area contributed by atoms with Crippen molar-refractivity contribution in [1.82, 2.24) is 4.90 Å². The van der Waals surface area contributed by atoms with Crippen LogP contribution in [0.2, 0.25) is 0 Å². The number of rotatable bonds is 7. The minimum Gasteiger partial charge on any atom is -0.493 e. The number of carbonyl (C=O) groups excluding carboxylic acids is 1. The van der Waals surface area contributed by atoms with Crippen molar-refractivity contribution in [2.45, 2.75) is 46.1 Å². The number of methoxy groups -OCH3 is 1. The molecule has 0 unspecified atom stereocenters. The van der Waals surface area contributed by atoms with Crippen LogP contribution in [0, 0.1) is 11.8 Å². The molecule has 1 aliphatic heterocycles. The van der Waals surface area contributed by atoms with Gasteiger partial charge in [0.25, 0.3) is 5.91 Å². The zero-order valence-electron chi connectivity index (χ0n) is 16.0. The van der Waals surface area contributed by atoms with Gasteiger partial charge in [0.05, 0.1) is 19.6 Å². The summed E-state index contributed by atoms with van der Waals surface area (Å²) in [5.41, 5.74) is 0.482. The minimum atomic E-state index is -0.846. The van der Waals surface area contributed by atoms with Crippen LogP contribution >= 0.6 is 0 Å². The molecule has 1 aromatic carbocycles. The highest BCUT2D eigenvalue weighted by atomic mass is 16.5. The Balaban J connectivity index is 2.14. The van der Waals surface area contributed by atoms with Crippen molar-refractivity contribution in [1.29, 1.82) is 0 Å². The zero-order valence-corrected chi connectivity index (χ0v) is 16.0. The lowest BCUT2D eigenvalue weighted by Gasteiger charge is -2.37. The molecule has 1 N–H and O–H groups in total. The number of carboxylic acid groups (broad SMARTS) is 1. The summed E-state index contributed by atoms with van der Waals surface area (Å²) >= 11 is 0. The largest absolute Gasteiger partial charge is 0.493 e. The number of nitrogens with zero attached hydrogens (tertiary/aromatic N) is 1. The van der Waals surface area contributed by atoms with Crippen molar-refractivity contribution in [3.63, 3.8) is 0 Å². The lowest BCUT2D eigenvalue weighted by molar-refractivity contribution is -0.144. The molecule has 1 aromatic rings. The van der Waals surface area contributed by atoms with E-state index in [0.717, 1.165) is 6.42 Å². The van der Waals surface area contributed by atoms with Crippen LogP contribution in [-0.2, 0) is 4.79 Å². The predicted octanol–water partition coefficient (Wildman–Crippen LogP) is 3.45. The van der Waals surface area contributed by atoms with Gasteiger partial charge in [0.2, 0.25) is 0 Å². The third kappa shape index (κ3) is 4.68. The van der Waals surface area contributed by atoms with E-state index in [4.69, 9.17) is 9.47 Å². The van der Waals surface area contributed by atoms with Crippen molar-refractivity contribution < 1.29 is 24.2 Å². The number of amides is 1. The lowest BCUT2D eigenvalue weighted by Crippen LogP contribution is -2.49. The van der Waals surface area contributed by atoms with E-state index in [9.17, 15) is 14.7 Å². The molecule has 2 atom stereocenters. The van der Waals surface area contributed by atoms with Crippen LogP contribution in [0.25, 0.3) is 0 Å². The summed E-state index contributed by atoms with van der Waals surface area (Å²) in [7, 11) is 1.54. The van der Waals surface area contributed by atoms with E-state index in [1.165, 1.54) is 0 Å². The molecule has 6 nitrogen and oxygen atoms in total. The summed E-state index contributed by atoms with van der Waals surface area (Å²) in [6.45, 7) is 7.22. The van der Waals surface area contributed by atoms with E-state index >= 15 is 0 Å². The average Bonchev–Trinajstić information content (AvgIpc) is 2.61. The molecule has 1 amide bonds. The first-order chi connectivity index (χ1) is 12.3. The molecule has 0 aliphatic carbocycles. The highest BCUT2D eigenvalue weighted by molar-refractivity contribution is 5.95. The summed E-state index contributed by atoms with van der Waals surface area (Å²) in [6.07, 6.45) is 2.23. The zero-order chi connectivity index (χ0) is 19.3. The van der Waals surface area contributed by atoms with Gasteiger partial charge in [0, 0.05) is 18.2 Å². The van der Waals surface area contributed by atoms with Crippen LogP contribution in [0.5, 0.6) is 11.5 Å². The van der Waals surface area contributed by atoms with Crippen molar-refractivity contribution in [2.75, 3.05) is 20.3 Å². The molecule has 0 radical (unpaired) electrons. The van der Waals surface area contributed by atoms with Crippen LogP contribution < -0.4 is 9.47 Å². The van der Waals surface area contributed by atoms with Crippen LogP contribution in [0.15, 0.2) is 18.2 Å². The topological polar surface area (TPSA) is 76.1 Å². The number of piperidine rings is 1. The van der Waals surface area contributed by atoms with E-state index in [1.54, 1.807) is 37.1 Å². The van der Waals surface area contributed by atoms with Gasteiger partial charge in [0.15, 0.2) is 11.5 Å². The quantitative estimate of drug-likeness (QED) is 0.803. The number of carboxylic acids is 1. The predicted molar refractivity (Wildman–Crippen MR) is 98.8 cm³/mol. The van der Waals surface area contributed by atoms with E-state index in [0.29, 0.717) is 49.0 Å². The summed E-state index contributed by atoms with van der Waals surface area (Å²) in [5, 5.41) is 9.34. The Morgan fingerprint density at radius 1 is 1.31 bits per heavy atom. The number of carbonyl (C=O) groups is 2. The second-order valence-electron chi connectivity index (χ2n) is 7.22. The van der Waals surface area contributed by atoms with Gasteiger partial charge in [-0.15, -0.1) is 0 Å². The molecule has 1 heterocycles. The molecule has 6 heteroatoms. The second-order valence-corrected chi connectivity index (χ2v) is 7.22. The fourth-order valence-electron chi connectivity index (χ4n) is 3.25. The fraction of sp³-hybridized carbons (Fsp3) is 0.600. The Hall–Kier alpha value is -2.24. The number of likely N-dealkylation sites (tertiary alicyclic amines) is 1. The molecule has 0 bridgehead atoms. The normalized spacial score (nSPS) is 20.1. The third-order valence-corrected chi connectivity index (χ3v) is 4.93. The molecule has 144 valence electrons. The maximum absolute atomic E-state index is 12.9. The molecule has 1 saturated heterocycles. The molecule has 0 aromatic heterocycles. The number of ether oxygens (including phenoxy) is 2. The van der Waals surface area contributed by atoms with Crippen LogP contribution in [-0.4, -0.2) is 48.2 Å². The maximum atomic E-state index is 12.9. The van der Waals surface area contributed by atoms with E-state index in [1.807, 2.05) is 0 Å². The highest BCUT2D eigenvalue weighted by Crippen LogP contribution is 2.31. The molecular formula is C20H29NO5. The Kier molecular flexibility index (Phi) is 6.89. The molecule has 1 aliphatic rings. The van der Waals surface area contributed by atoms with Gasteiger partial charge in [-0.25, -0.2) is 0 Å². The Morgan fingerprint density at radius 2 is 2.04 bits per heavy atom. The van der Waals surface area contributed by atoms with Gasteiger partial charge in [-0.2, -0.15) is 0 Å². The Labute approximate surface area is 155 Å². The van der Waals surface area contributed by atoms with Gasteiger partial charge in [-0.05, 0) is 50.3 Å². The number of hydrogen-bond donors (Lipinski definition) is 1. The molecular weight excluding hydrogens is 334 g/mol. The summed E-state index contributed by atoms with van der Waals surface area (Å²) in [4.78, 5) is 25.9. The highest BCUT2D eigenvalue weighted by Gasteiger charge is 2.35. The van der Waals surface area contributed by atoms with Gasteiger partial charge >= 0.3 is 5.97 Å². The fourth-order valence-corrected chi connectivity index (χ4v) is 3.25. The van der Waals surface area contributed by atoms with Crippen LogP contribution in [0.1, 0.15) is 50.4 Å². The first kappa shape index (κ1) is 20.1. The van der Waals surface area contributed by atoms with Crippen molar-refractivity contribution in [3.8, 4) is 11.5 Å². The number of hydrogen-bond acceptors (Lipinski definition) is 4. The smallest absolute Gasteiger partial charge is 0.308 e. The average molecular weight is 363 g/mol. The second kappa shape index (κ2) is 8.92. The van der Waals surface area contributed by atoms with Gasteiger partial charge in [0.1, 0.15) is 0 Å². The van der Waals surface area contributed by atoms with Gasteiger partial charge in [-0.1, -0.05) is 13.8 Å². The van der Waals surface area contributed by atoms with E-state index in [2.05, 4.69) is 13.8 Å². The van der Waals surface area contributed by atoms with E-state index in [-0.39, 0.29) is 11.9 Å². The SMILES string of the molecule is COc1cc(C(=O)N2CCC[C@H](C(=O)O)[C@@H]2C)ccc1OCCC(C)C. The molecule has 0 spiro atoms. The summed E-state index contributed by atoms with van der Waals surface area (Å²) in [5.74, 6) is 0.133. The van der Waals surface area contributed by atoms with Crippen molar-refractivity contribution in [3.05, 3.63) is 23.8 Å². The van der Waals surface area contributed by atoms with Gasteiger partial charge < -0.3 is 19.5 Å². The Bertz CT molecular complexity index is 643. The monoisotopic (exact) mass is 363 g/mol. The minimum absolute atomic E-state index is 0.171. The van der Waals surface area contributed by atoms with Crippen LogP contribution in [0.4, 0.5) is 0 Å². The van der Waals surface area contributed by atoms with Crippen molar-refractivity contribution in [2.24, 2.45) is 11.8 Å². The molecule has 1 fully saturated rings. The maximum Gasteiger partial charge on any atom is 0.308 e. The van der Waals surface area contributed by atoms with Gasteiger partial charge in [-0.3, -0.25) is 9.59 Å². The Morgan fingerprint density at radius 3 is 2.65 bits per heavy atom. The first-order valence-corrected chi connectivity index (χ1v) is 9.19. The summed E-state index contributed by atoms with van der Waals surface area (Å²) in [6, 6.07) is 4.80. The first-order valence-electron chi connectivity index (χ1n) is 9.19. The molecule has 0 saturated carbocycles. The summed E-state index contributed by atoms with van der Waals surface area (Å²) < 4.78 is 11.1. The number of benzene rings is 1. The standard InChI is InChI=1S/C20H29NO5/c1-13(2)9-11-26-17-8-7-15(12-18(17)25-4)19(22)21-10-5-6-16(14(21)3)20(23)24/h7-8,12-14,16H,5-6,9-11H2,1-4H3,(H,23,24)/t14-,16-/m0/s1. The molecule has 2 rings (SSSR count). The van der Waals surface area contributed by atoms with Crippen molar-refractivity contribution >= 4 is 11.9 Å². The molecule has 26 heavy (non-hydrogen) atoms. The van der Waals surface area contributed by atoms with Crippen LogP contribution in [0.3, 0.4) is 0 Å². The lowest BCUT2D eigenvalue weighted by atomic mass is 9.90. The van der Waals surface area contributed by atoms with E-state index < -0.39 is 11.9 Å².